The quantitative estimate of drug-likeness (QED) is 0.369. The lowest BCUT2D eigenvalue weighted by atomic mass is 10.1. The van der Waals surface area contributed by atoms with Gasteiger partial charge in [-0.15, -0.1) is 11.3 Å². The molecule has 0 aliphatic rings. The van der Waals surface area contributed by atoms with Gasteiger partial charge in [-0.25, -0.2) is 0 Å². The summed E-state index contributed by atoms with van der Waals surface area (Å²) in [5, 5.41) is 15.3. The molecule has 0 radical (unpaired) electrons. The molecule has 4 nitrogen and oxygen atoms in total. The van der Waals surface area contributed by atoms with Gasteiger partial charge in [0.15, 0.2) is 0 Å². The molecule has 2 heterocycles. The lowest BCUT2D eigenvalue weighted by Crippen LogP contribution is -2.23. The van der Waals surface area contributed by atoms with Crippen molar-refractivity contribution in [1.29, 1.82) is 5.26 Å². The van der Waals surface area contributed by atoms with Crippen LogP contribution >= 0.6 is 11.3 Å². The van der Waals surface area contributed by atoms with Gasteiger partial charge in [0.25, 0.3) is 5.91 Å². The number of aromatic nitrogens is 1. The van der Waals surface area contributed by atoms with E-state index in [0.29, 0.717) is 6.54 Å². The third-order valence-electron chi connectivity index (χ3n) is 4.68. The second-order valence-corrected chi connectivity index (χ2v) is 7.68. The number of rotatable bonds is 6. The van der Waals surface area contributed by atoms with Gasteiger partial charge >= 0.3 is 0 Å². The van der Waals surface area contributed by atoms with Crippen LogP contribution in [0.4, 0.5) is 0 Å². The van der Waals surface area contributed by atoms with Crippen LogP contribution in [0, 0.1) is 11.3 Å². The first-order valence-corrected chi connectivity index (χ1v) is 10.2. The number of nitriles is 1. The van der Waals surface area contributed by atoms with E-state index in [2.05, 4.69) is 28.1 Å². The van der Waals surface area contributed by atoms with Gasteiger partial charge in [0, 0.05) is 34.1 Å². The highest BCUT2D eigenvalue weighted by molar-refractivity contribution is 7.09. The van der Waals surface area contributed by atoms with E-state index in [9.17, 15) is 10.1 Å². The SMILES string of the molecule is N#C/C(=C\c1cn(Cc2ccccc2)c2ccccc12)C(=O)NCc1cccs1. The van der Waals surface area contributed by atoms with Crippen LogP contribution in [0.25, 0.3) is 17.0 Å². The van der Waals surface area contributed by atoms with E-state index in [-0.39, 0.29) is 11.5 Å². The molecular formula is C24H19N3OS. The number of fused-ring (bicyclic) bond motifs is 1. The normalized spacial score (nSPS) is 11.3. The molecule has 0 atom stereocenters. The Hall–Kier alpha value is -3.62. The number of benzene rings is 2. The number of carbonyl (C=O) groups is 1. The summed E-state index contributed by atoms with van der Waals surface area (Å²) in [7, 11) is 0. The average Bonchev–Trinajstić information content (AvgIpc) is 3.40. The van der Waals surface area contributed by atoms with Gasteiger partial charge in [-0.2, -0.15) is 5.26 Å². The molecule has 5 heteroatoms. The fourth-order valence-corrected chi connectivity index (χ4v) is 3.93. The first-order chi connectivity index (χ1) is 14.2. The standard InChI is InChI=1S/C24H19N3OS/c25-14-19(24(28)26-15-21-9-6-12-29-21)13-20-17-27(16-18-7-2-1-3-8-18)23-11-5-4-10-22(20)23/h1-13,17H,15-16H2,(H,26,28)/b19-13+. The highest BCUT2D eigenvalue weighted by atomic mass is 32.1. The maximum absolute atomic E-state index is 12.5. The van der Waals surface area contributed by atoms with Crippen molar-refractivity contribution in [3.05, 3.63) is 99.9 Å². The van der Waals surface area contributed by atoms with Crippen LogP contribution in [0.2, 0.25) is 0 Å². The molecule has 4 aromatic rings. The van der Waals surface area contributed by atoms with Crippen molar-refractivity contribution in [3.63, 3.8) is 0 Å². The molecule has 0 aliphatic heterocycles. The smallest absolute Gasteiger partial charge is 0.262 e. The minimum Gasteiger partial charge on any atom is -0.347 e. The number of carbonyl (C=O) groups excluding carboxylic acids is 1. The van der Waals surface area contributed by atoms with Gasteiger partial charge in [0.2, 0.25) is 0 Å². The lowest BCUT2D eigenvalue weighted by Gasteiger charge is -2.05. The number of amides is 1. The van der Waals surface area contributed by atoms with Gasteiger partial charge in [0.1, 0.15) is 11.6 Å². The Morgan fingerprint density at radius 3 is 2.62 bits per heavy atom. The molecule has 142 valence electrons. The number of hydrogen-bond acceptors (Lipinski definition) is 3. The van der Waals surface area contributed by atoms with Gasteiger partial charge < -0.3 is 9.88 Å². The second kappa shape index (κ2) is 8.59. The largest absolute Gasteiger partial charge is 0.347 e. The summed E-state index contributed by atoms with van der Waals surface area (Å²) in [5.41, 5.74) is 3.22. The summed E-state index contributed by atoms with van der Waals surface area (Å²) in [6, 6.07) is 24.2. The van der Waals surface area contributed by atoms with Crippen LogP contribution < -0.4 is 5.32 Å². The van der Waals surface area contributed by atoms with Crippen LogP contribution in [-0.4, -0.2) is 10.5 Å². The number of para-hydroxylation sites is 1. The van der Waals surface area contributed by atoms with E-state index < -0.39 is 0 Å². The van der Waals surface area contributed by atoms with Crippen molar-refractivity contribution in [3.8, 4) is 6.07 Å². The summed E-state index contributed by atoms with van der Waals surface area (Å²) >= 11 is 1.57. The van der Waals surface area contributed by atoms with Crippen LogP contribution in [0.1, 0.15) is 16.0 Å². The van der Waals surface area contributed by atoms with Crippen molar-refractivity contribution in [1.82, 2.24) is 9.88 Å². The van der Waals surface area contributed by atoms with E-state index >= 15 is 0 Å². The molecular weight excluding hydrogens is 378 g/mol. The van der Waals surface area contributed by atoms with Crippen molar-refractivity contribution >= 4 is 34.2 Å². The highest BCUT2D eigenvalue weighted by Gasteiger charge is 2.12. The maximum atomic E-state index is 12.5. The Morgan fingerprint density at radius 1 is 1.07 bits per heavy atom. The Bertz CT molecular complexity index is 1200. The van der Waals surface area contributed by atoms with E-state index in [1.165, 1.54) is 5.56 Å². The monoisotopic (exact) mass is 397 g/mol. The summed E-state index contributed by atoms with van der Waals surface area (Å²) < 4.78 is 2.15. The third kappa shape index (κ3) is 4.29. The number of nitrogens with one attached hydrogen (secondary N) is 1. The fourth-order valence-electron chi connectivity index (χ4n) is 3.28. The Morgan fingerprint density at radius 2 is 1.86 bits per heavy atom. The maximum Gasteiger partial charge on any atom is 0.262 e. The molecule has 0 aliphatic carbocycles. The van der Waals surface area contributed by atoms with E-state index in [0.717, 1.165) is 27.9 Å². The van der Waals surface area contributed by atoms with E-state index in [4.69, 9.17) is 0 Å². The van der Waals surface area contributed by atoms with Gasteiger partial charge in [0.05, 0.1) is 6.54 Å². The van der Waals surface area contributed by atoms with Crippen molar-refractivity contribution < 1.29 is 4.79 Å². The zero-order valence-corrected chi connectivity index (χ0v) is 16.5. The number of hydrogen-bond donors (Lipinski definition) is 1. The van der Waals surface area contributed by atoms with Gasteiger partial charge in [-0.05, 0) is 29.2 Å². The second-order valence-electron chi connectivity index (χ2n) is 6.65. The summed E-state index contributed by atoms with van der Waals surface area (Å²) in [5.74, 6) is -0.360. The van der Waals surface area contributed by atoms with Crippen molar-refractivity contribution in [2.24, 2.45) is 0 Å². The Labute approximate surface area is 173 Å². The Balaban J connectivity index is 1.63. The molecule has 0 spiro atoms. The van der Waals surface area contributed by atoms with Crippen LogP contribution in [-0.2, 0) is 17.9 Å². The van der Waals surface area contributed by atoms with Crippen molar-refractivity contribution in [2.75, 3.05) is 0 Å². The average molecular weight is 398 g/mol. The molecule has 1 N–H and O–H groups in total. The molecule has 1 amide bonds. The molecule has 29 heavy (non-hydrogen) atoms. The highest BCUT2D eigenvalue weighted by Crippen LogP contribution is 2.24. The minimum absolute atomic E-state index is 0.101. The molecule has 0 unspecified atom stereocenters. The molecule has 0 bridgehead atoms. The topological polar surface area (TPSA) is 57.8 Å². The Kier molecular flexibility index (Phi) is 5.55. The summed E-state index contributed by atoms with van der Waals surface area (Å²) in [6.07, 6.45) is 3.68. The molecule has 2 aromatic heterocycles. The zero-order valence-electron chi connectivity index (χ0n) is 15.7. The molecule has 0 saturated heterocycles. The zero-order chi connectivity index (χ0) is 20.1. The van der Waals surface area contributed by atoms with E-state index in [1.807, 2.05) is 66.2 Å². The minimum atomic E-state index is -0.360. The first-order valence-electron chi connectivity index (χ1n) is 9.29. The molecule has 2 aromatic carbocycles. The summed E-state index contributed by atoms with van der Waals surface area (Å²) in [6.45, 7) is 1.15. The van der Waals surface area contributed by atoms with E-state index in [1.54, 1.807) is 17.4 Å². The summed E-state index contributed by atoms with van der Waals surface area (Å²) in [4.78, 5) is 13.6. The third-order valence-corrected chi connectivity index (χ3v) is 5.56. The predicted molar refractivity (Wildman–Crippen MR) is 117 cm³/mol. The molecule has 4 rings (SSSR count). The van der Waals surface area contributed by atoms with Crippen LogP contribution in [0.3, 0.4) is 0 Å². The fraction of sp³-hybridized carbons (Fsp3) is 0.0833. The van der Waals surface area contributed by atoms with Crippen LogP contribution in [0.5, 0.6) is 0 Å². The van der Waals surface area contributed by atoms with Crippen molar-refractivity contribution in [2.45, 2.75) is 13.1 Å². The predicted octanol–water partition coefficient (Wildman–Crippen LogP) is 4.97. The van der Waals surface area contributed by atoms with Gasteiger partial charge in [-0.1, -0.05) is 54.6 Å². The van der Waals surface area contributed by atoms with Crippen LogP contribution in [0.15, 0.2) is 83.9 Å². The molecule has 0 fully saturated rings. The first kappa shape index (κ1) is 18.7. The lowest BCUT2D eigenvalue weighted by molar-refractivity contribution is -0.117. The number of thiophene rings is 1. The molecule has 0 saturated carbocycles. The number of nitrogens with zero attached hydrogens (tertiary/aromatic N) is 2. The van der Waals surface area contributed by atoms with Gasteiger partial charge in [-0.3, -0.25) is 4.79 Å².